The van der Waals surface area contributed by atoms with Crippen molar-refractivity contribution in [1.29, 1.82) is 0 Å². The third-order valence-corrected chi connectivity index (χ3v) is 6.59. The van der Waals surface area contributed by atoms with E-state index in [0.717, 1.165) is 26.4 Å². The first-order chi connectivity index (χ1) is 17.4. The highest BCUT2D eigenvalue weighted by molar-refractivity contribution is 9.10. The molecule has 0 fully saturated rings. The summed E-state index contributed by atoms with van der Waals surface area (Å²) in [5.41, 5.74) is 3.56. The van der Waals surface area contributed by atoms with Gasteiger partial charge in [-0.25, -0.2) is 4.98 Å². The Hall–Kier alpha value is -3.77. The molecule has 5 rings (SSSR count). The topological polar surface area (TPSA) is 56.5 Å². The second-order valence-electron chi connectivity index (χ2n) is 9.12. The normalized spacial score (nSPS) is 11.7. The smallest absolute Gasteiger partial charge is 0.282 e. The molecule has 0 bridgehead atoms. The fourth-order valence-electron chi connectivity index (χ4n) is 4.15. The number of nitrogens with zero attached hydrogens (tertiary/aromatic N) is 3. The van der Waals surface area contributed by atoms with E-state index in [1.807, 2.05) is 56.3 Å². The van der Waals surface area contributed by atoms with Crippen LogP contribution in [-0.4, -0.2) is 15.9 Å². The van der Waals surface area contributed by atoms with E-state index in [1.165, 1.54) is 10.2 Å². The number of hydrogen-bond acceptors (Lipinski definition) is 4. The predicted octanol–water partition coefficient (Wildman–Crippen LogP) is 7.21. The maximum Gasteiger partial charge on any atom is 0.282 e. The average Bonchev–Trinajstić information content (AvgIpc) is 2.88. The van der Waals surface area contributed by atoms with Gasteiger partial charge in [0.1, 0.15) is 18.2 Å². The Bertz CT molecular complexity index is 1650. The Balaban J connectivity index is 1.62. The molecule has 0 amide bonds. The largest absolute Gasteiger partial charge is 0.488 e. The first-order valence-electron chi connectivity index (χ1n) is 11.9. The van der Waals surface area contributed by atoms with Crippen LogP contribution in [0.3, 0.4) is 0 Å². The third kappa shape index (κ3) is 4.82. The van der Waals surface area contributed by atoms with Crippen LogP contribution >= 0.6 is 15.9 Å². The molecule has 1 aromatic heterocycles. The Morgan fingerprint density at radius 1 is 1.00 bits per heavy atom. The minimum absolute atomic E-state index is 0.00710. The van der Waals surface area contributed by atoms with Crippen LogP contribution in [0.4, 0.5) is 0 Å². The second kappa shape index (κ2) is 10.1. The number of fused-ring (bicyclic) bond motifs is 2. The van der Waals surface area contributed by atoms with E-state index < -0.39 is 0 Å². The van der Waals surface area contributed by atoms with Crippen molar-refractivity contribution in [3.8, 4) is 5.75 Å². The van der Waals surface area contributed by atoms with Gasteiger partial charge in [0.25, 0.3) is 5.56 Å². The molecule has 36 heavy (non-hydrogen) atoms. The van der Waals surface area contributed by atoms with Crippen molar-refractivity contribution in [2.75, 3.05) is 0 Å². The van der Waals surface area contributed by atoms with Gasteiger partial charge in [-0.15, -0.1) is 0 Å². The van der Waals surface area contributed by atoms with Crippen molar-refractivity contribution in [3.05, 3.63) is 116 Å². The summed E-state index contributed by atoms with van der Waals surface area (Å²) in [5, 5.41) is 7.26. The zero-order valence-corrected chi connectivity index (χ0v) is 22.0. The number of halogens is 1. The lowest BCUT2D eigenvalue weighted by molar-refractivity contribution is 0.306. The zero-order chi connectivity index (χ0) is 25.2. The molecule has 5 nitrogen and oxygen atoms in total. The van der Waals surface area contributed by atoms with Gasteiger partial charge >= 0.3 is 0 Å². The SMILES string of the molecule is Cc1ccc(COc2ccc3ccccc3c2C=Nn2c(C(C)C)nc3ccc(Br)cc3c2=O)cc1. The molecule has 5 aromatic rings. The summed E-state index contributed by atoms with van der Waals surface area (Å²) in [6, 6.07) is 25.9. The van der Waals surface area contributed by atoms with Gasteiger partial charge in [0.15, 0.2) is 0 Å². The highest BCUT2D eigenvalue weighted by Gasteiger charge is 2.15. The monoisotopic (exact) mass is 539 g/mol. The van der Waals surface area contributed by atoms with Crippen LogP contribution in [-0.2, 0) is 6.61 Å². The van der Waals surface area contributed by atoms with Crippen LogP contribution in [0.5, 0.6) is 5.75 Å². The summed E-state index contributed by atoms with van der Waals surface area (Å²) in [7, 11) is 0. The quantitative estimate of drug-likeness (QED) is 0.214. The number of ether oxygens (including phenoxy) is 1. The molecule has 0 aliphatic carbocycles. The van der Waals surface area contributed by atoms with Crippen LogP contribution in [0.25, 0.3) is 21.7 Å². The minimum Gasteiger partial charge on any atom is -0.488 e. The maximum absolute atomic E-state index is 13.5. The average molecular weight is 540 g/mol. The Morgan fingerprint density at radius 3 is 2.56 bits per heavy atom. The molecule has 0 aliphatic rings. The van der Waals surface area contributed by atoms with E-state index >= 15 is 0 Å². The van der Waals surface area contributed by atoms with Gasteiger partial charge < -0.3 is 4.74 Å². The highest BCUT2D eigenvalue weighted by Crippen LogP contribution is 2.28. The van der Waals surface area contributed by atoms with Crippen LogP contribution in [0.15, 0.2) is 93.2 Å². The number of aromatic nitrogens is 2. The molecule has 0 saturated heterocycles. The first kappa shape index (κ1) is 23.9. The Labute approximate surface area is 218 Å². The van der Waals surface area contributed by atoms with Crippen molar-refractivity contribution >= 4 is 43.8 Å². The van der Waals surface area contributed by atoms with Gasteiger partial charge in [-0.3, -0.25) is 4.79 Å². The predicted molar refractivity (Wildman–Crippen MR) is 150 cm³/mol. The van der Waals surface area contributed by atoms with Crippen LogP contribution < -0.4 is 10.3 Å². The zero-order valence-electron chi connectivity index (χ0n) is 20.4. The summed E-state index contributed by atoms with van der Waals surface area (Å²) in [6.45, 7) is 6.51. The number of hydrogen-bond donors (Lipinski definition) is 0. The second-order valence-corrected chi connectivity index (χ2v) is 10.0. The summed E-state index contributed by atoms with van der Waals surface area (Å²) in [5.74, 6) is 1.31. The summed E-state index contributed by atoms with van der Waals surface area (Å²) in [6.07, 6.45) is 1.71. The van der Waals surface area contributed by atoms with Crippen molar-refractivity contribution in [1.82, 2.24) is 9.66 Å². The molecule has 0 N–H and O–H groups in total. The van der Waals surface area contributed by atoms with E-state index in [0.29, 0.717) is 29.1 Å². The third-order valence-electron chi connectivity index (χ3n) is 6.10. The Kier molecular flexibility index (Phi) is 6.70. The molecule has 0 aliphatic heterocycles. The molecule has 0 spiro atoms. The van der Waals surface area contributed by atoms with Crippen molar-refractivity contribution in [2.24, 2.45) is 5.10 Å². The lowest BCUT2D eigenvalue weighted by Gasteiger charge is -2.14. The van der Waals surface area contributed by atoms with E-state index in [4.69, 9.17) is 9.72 Å². The minimum atomic E-state index is -0.205. The molecule has 180 valence electrons. The van der Waals surface area contributed by atoms with E-state index in [-0.39, 0.29) is 11.5 Å². The van der Waals surface area contributed by atoms with Gasteiger partial charge in [0, 0.05) is 16.0 Å². The lowest BCUT2D eigenvalue weighted by atomic mass is 10.0. The molecular weight excluding hydrogens is 514 g/mol. The molecule has 0 saturated carbocycles. The van der Waals surface area contributed by atoms with Gasteiger partial charge in [-0.05, 0) is 47.5 Å². The van der Waals surface area contributed by atoms with E-state index in [1.54, 1.807) is 12.3 Å². The van der Waals surface area contributed by atoms with Gasteiger partial charge in [-0.1, -0.05) is 89.9 Å². The van der Waals surface area contributed by atoms with Gasteiger partial charge in [-0.2, -0.15) is 9.78 Å². The van der Waals surface area contributed by atoms with E-state index in [9.17, 15) is 4.79 Å². The fourth-order valence-corrected chi connectivity index (χ4v) is 4.51. The highest BCUT2D eigenvalue weighted by atomic mass is 79.9. The number of aryl methyl sites for hydroxylation is 1. The standard InChI is InChI=1S/C30H26BrN3O2/c1-19(2)29-33-27-14-13-23(31)16-25(27)30(35)34(29)32-17-26-24-7-5-4-6-22(24)12-15-28(26)36-18-21-10-8-20(3)9-11-21/h4-17,19H,18H2,1-3H3. The summed E-state index contributed by atoms with van der Waals surface area (Å²) >= 11 is 3.46. The van der Waals surface area contributed by atoms with Crippen molar-refractivity contribution in [3.63, 3.8) is 0 Å². The van der Waals surface area contributed by atoms with Crippen molar-refractivity contribution in [2.45, 2.75) is 33.3 Å². The summed E-state index contributed by atoms with van der Waals surface area (Å²) in [4.78, 5) is 18.2. The molecule has 0 radical (unpaired) electrons. The molecule has 0 unspecified atom stereocenters. The molecule has 6 heteroatoms. The number of rotatable bonds is 6. The van der Waals surface area contributed by atoms with E-state index in [2.05, 4.69) is 58.3 Å². The van der Waals surface area contributed by atoms with Gasteiger partial charge in [0.05, 0.1) is 17.1 Å². The fraction of sp³-hybridized carbons (Fsp3) is 0.167. The lowest BCUT2D eigenvalue weighted by Crippen LogP contribution is -2.23. The molecule has 1 heterocycles. The molecule has 4 aromatic carbocycles. The molecule has 0 atom stereocenters. The molecular formula is C30H26BrN3O2. The van der Waals surface area contributed by atoms with Crippen LogP contribution in [0, 0.1) is 6.92 Å². The van der Waals surface area contributed by atoms with Crippen LogP contribution in [0.2, 0.25) is 0 Å². The van der Waals surface area contributed by atoms with Crippen molar-refractivity contribution < 1.29 is 4.74 Å². The number of benzene rings is 4. The first-order valence-corrected chi connectivity index (χ1v) is 12.7. The maximum atomic E-state index is 13.5. The van der Waals surface area contributed by atoms with Crippen LogP contribution in [0.1, 0.15) is 42.3 Å². The summed E-state index contributed by atoms with van der Waals surface area (Å²) < 4.78 is 8.48. The Morgan fingerprint density at radius 2 is 1.78 bits per heavy atom. The van der Waals surface area contributed by atoms with Gasteiger partial charge in [0.2, 0.25) is 0 Å².